The number of likely N-dealkylation sites (tertiary alicyclic amines) is 1. The molecule has 1 fully saturated rings. The van der Waals surface area contributed by atoms with Crippen molar-refractivity contribution in [3.63, 3.8) is 0 Å². The van der Waals surface area contributed by atoms with Crippen LogP contribution >= 0.6 is 11.3 Å². The van der Waals surface area contributed by atoms with Gasteiger partial charge in [-0.1, -0.05) is 12.1 Å². The van der Waals surface area contributed by atoms with Gasteiger partial charge in [0.25, 0.3) is 0 Å². The van der Waals surface area contributed by atoms with Crippen LogP contribution in [0.3, 0.4) is 0 Å². The third-order valence-corrected chi connectivity index (χ3v) is 6.76. The number of rotatable bonds is 5. The van der Waals surface area contributed by atoms with Crippen LogP contribution in [0.5, 0.6) is 5.75 Å². The number of nitrogens with zero attached hydrogens (tertiary/aromatic N) is 2. The minimum atomic E-state index is -4.46. The smallest absolute Gasteiger partial charge is 0.416 e. The Hall–Kier alpha value is -2.88. The van der Waals surface area contributed by atoms with Crippen molar-refractivity contribution in [2.45, 2.75) is 70.1 Å². The van der Waals surface area contributed by atoms with E-state index in [0.717, 1.165) is 22.4 Å². The van der Waals surface area contributed by atoms with Gasteiger partial charge < -0.3 is 14.4 Å². The van der Waals surface area contributed by atoms with Gasteiger partial charge in [-0.15, -0.1) is 11.3 Å². The molecule has 0 spiro atoms. The zero-order chi connectivity index (χ0) is 26.1. The Labute approximate surface area is 211 Å². The number of alkyl halides is 4. The number of benzene rings is 2. The van der Waals surface area contributed by atoms with Crippen molar-refractivity contribution >= 4 is 27.6 Å². The molecule has 2 heterocycles. The van der Waals surface area contributed by atoms with Gasteiger partial charge >= 0.3 is 12.3 Å². The fourth-order valence-electron chi connectivity index (χ4n) is 4.33. The maximum Gasteiger partial charge on any atom is 0.416 e. The van der Waals surface area contributed by atoms with Crippen LogP contribution in [0.15, 0.2) is 48.0 Å². The van der Waals surface area contributed by atoms with Gasteiger partial charge in [0.15, 0.2) is 0 Å². The molecule has 1 aliphatic heterocycles. The Kier molecular flexibility index (Phi) is 7.45. The van der Waals surface area contributed by atoms with Crippen molar-refractivity contribution in [3.8, 4) is 5.75 Å². The third kappa shape index (κ3) is 6.27. The van der Waals surface area contributed by atoms with Crippen molar-refractivity contribution in [2.24, 2.45) is 0 Å². The first-order chi connectivity index (χ1) is 16.9. The monoisotopic (exact) mass is 524 g/mol. The lowest BCUT2D eigenvalue weighted by atomic mass is 9.92. The molecule has 2 aromatic carbocycles. The number of thiazole rings is 1. The standard InChI is InChI=1S/C26H28F4N2O3S/c1-25(2,3)35-24(33)32-12-11-17(27)13-18(32)14-21(20-5-4-6-22-23(20)31-15-36-22)34-19-9-7-16(8-10-19)26(28,29)30/h4-10,15,17-18,21H,11-14H2,1-3H3/t17-,18-,21-/m1/s1. The molecule has 3 atom stereocenters. The van der Waals surface area contributed by atoms with Crippen molar-refractivity contribution in [2.75, 3.05) is 6.54 Å². The Morgan fingerprint density at radius 3 is 2.56 bits per heavy atom. The molecule has 36 heavy (non-hydrogen) atoms. The topological polar surface area (TPSA) is 51.7 Å². The van der Waals surface area contributed by atoms with E-state index in [0.29, 0.717) is 5.52 Å². The van der Waals surface area contributed by atoms with E-state index in [9.17, 15) is 22.4 Å². The molecule has 4 rings (SSSR count). The maximum absolute atomic E-state index is 14.5. The molecule has 194 valence electrons. The number of para-hydroxylation sites is 1. The first-order valence-corrected chi connectivity index (χ1v) is 12.6. The lowest BCUT2D eigenvalue weighted by Crippen LogP contribution is -2.49. The zero-order valence-corrected chi connectivity index (χ0v) is 21.0. The number of amides is 1. The minimum absolute atomic E-state index is 0.110. The fourth-order valence-corrected chi connectivity index (χ4v) is 5.04. The molecule has 1 aliphatic rings. The molecule has 5 nitrogen and oxygen atoms in total. The molecular formula is C26H28F4N2O3S. The summed E-state index contributed by atoms with van der Waals surface area (Å²) in [5.74, 6) is 0.233. The number of hydrogen-bond donors (Lipinski definition) is 0. The van der Waals surface area contributed by atoms with E-state index >= 15 is 0 Å². The molecule has 3 aromatic rings. The van der Waals surface area contributed by atoms with Crippen LogP contribution in [0.4, 0.5) is 22.4 Å². The average Bonchev–Trinajstić information content (AvgIpc) is 3.26. The molecule has 10 heteroatoms. The Morgan fingerprint density at radius 1 is 1.17 bits per heavy atom. The fraction of sp³-hybridized carbons (Fsp3) is 0.462. The third-order valence-electron chi connectivity index (χ3n) is 5.96. The lowest BCUT2D eigenvalue weighted by molar-refractivity contribution is -0.137. The Morgan fingerprint density at radius 2 is 1.89 bits per heavy atom. The summed E-state index contributed by atoms with van der Waals surface area (Å²) < 4.78 is 66.3. The maximum atomic E-state index is 14.5. The summed E-state index contributed by atoms with van der Waals surface area (Å²) in [6.07, 6.45) is -6.22. The van der Waals surface area contributed by atoms with E-state index in [1.165, 1.54) is 28.4 Å². The number of halogens is 4. The van der Waals surface area contributed by atoms with Gasteiger partial charge in [0.1, 0.15) is 23.6 Å². The molecular weight excluding hydrogens is 496 g/mol. The highest BCUT2D eigenvalue weighted by Gasteiger charge is 2.37. The summed E-state index contributed by atoms with van der Waals surface area (Å²) in [5.41, 5.74) is 1.64. The van der Waals surface area contributed by atoms with Gasteiger partial charge in [0.05, 0.1) is 21.3 Å². The summed E-state index contributed by atoms with van der Waals surface area (Å²) >= 11 is 1.45. The van der Waals surface area contributed by atoms with Gasteiger partial charge in [-0.2, -0.15) is 13.2 Å². The predicted octanol–water partition coefficient (Wildman–Crippen LogP) is 7.56. The SMILES string of the molecule is CC(C)(C)OC(=O)N1CC[C@@H](F)C[C@@H]1C[C@@H](Oc1ccc(C(F)(F)F)cc1)c1cccc2scnc12. The summed E-state index contributed by atoms with van der Waals surface area (Å²) in [4.78, 5) is 18.9. The number of carbonyl (C=O) groups excluding carboxylic acids is 1. The average molecular weight is 525 g/mol. The number of ether oxygens (including phenoxy) is 2. The molecule has 0 N–H and O–H groups in total. The van der Waals surface area contributed by atoms with Gasteiger partial charge in [-0.05, 0) is 63.9 Å². The summed E-state index contributed by atoms with van der Waals surface area (Å²) in [6.45, 7) is 5.50. The Bertz CT molecular complexity index is 1190. The summed E-state index contributed by atoms with van der Waals surface area (Å²) in [6, 6.07) is 9.52. The summed E-state index contributed by atoms with van der Waals surface area (Å²) in [5, 5.41) is 0. The molecule has 1 amide bonds. The van der Waals surface area contributed by atoms with Crippen LogP contribution in [0.25, 0.3) is 10.2 Å². The van der Waals surface area contributed by atoms with Crippen LogP contribution in [0.2, 0.25) is 0 Å². The van der Waals surface area contributed by atoms with Crippen molar-refractivity contribution in [1.82, 2.24) is 9.88 Å². The quantitative estimate of drug-likeness (QED) is 0.323. The molecule has 1 aromatic heterocycles. The van der Waals surface area contributed by atoms with Gasteiger partial charge in [0, 0.05) is 24.6 Å². The predicted molar refractivity (Wildman–Crippen MR) is 130 cm³/mol. The highest BCUT2D eigenvalue weighted by molar-refractivity contribution is 7.16. The van der Waals surface area contributed by atoms with Gasteiger partial charge in [-0.25, -0.2) is 14.2 Å². The zero-order valence-electron chi connectivity index (χ0n) is 20.2. The van der Waals surface area contributed by atoms with Crippen molar-refractivity contribution in [1.29, 1.82) is 0 Å². The van der Waals surface area contributed by atoms with Crippen molar-refractivity contribution in [3.05, 3.63) is 59.1 Å². The van der Waals surface area contributed by atoms with E-state index in [1.54, 1.807) is 26.3 Å². The van der Waals surface area contributed by atoms with E-state index in [1.807, 2.05) is 18.2 Å². The number of piperidine rings is 1. The number of carbonyl (C=O) groups is 1. The van der Waals surface area contributed by atoms with Crippen LogP contribution in [-0.4, -0.2) is 40.3 Å². The van der Waals surface area contributed by atoms with Crippen LogP contribution < -0.4 is 4.74 Å². The molecule has 0 bridgehead atoms. The van der Waals surface area contributed by atoms with Crippen LogP contribution in [-0.2, 0) is 10.9 Å². The van der Waals surface area contributed by atoms with Crippen LogP contribution in [0.1, 0.15) is 57.3 Å². The van der Waals surface area contributed by atoms with E-state index in [2.05, 4.69) is 4.98 Å². The minimum Gasteiger partial charge on any atom is -0.486 e. The molecule has 0 radical (unpaired) electrons. The van der Waals surface area contributed by atoms with E-state index in [4.69, 9.17) is 9.47 Å². The van der Waals surface area contributed by atoms with Gasteiger partial charge in [-0.3, -0.25) is 0 Å². The van der Waals surface area contributed by atoms with Crippen molar-refractivity contribution < 1.29 is 31.8 Å². The van der Waals surface area contributed by atoms with E-state index < -0.39 is 41.8 Å². The Balaban J connectivity index is 1.66. The largest absolute Gasteiger partial charge is 0.486 e. The number of fused-ring (bicyclic) bond motifs is 1. The number of aromatic nitrogens is 1. The normalized spacial score (nSPS) is 19.8. The highest BCUT2D eigenvalue weighted by Crippen LogP contribution is 2.37. The van der Waals surface area contributed by atoms with Crippen LogP contribution in [0, 0.1) is 0 Å². The molecule has 0 saturated carbocycles. The first-order valence-electron chi connectivity index (χ1n) is 11.7. The van der Waals surface area contributed by atoms with E-state index in [-0.39, 0.29) is 31.6 Å². The lowest BCUT2D eigenvalue weighted by Gasteiger charge is -2.39. The highest BCUT2D eigenvalue weighted by atomic mass is 32.1. The molecule has 1 saturated heterocycles. The van der Waals surface area contributed by atoms with Gasteiger partial charge in [0.2, 0.25) is 0 Å². The molecule has 0 unspecified atom stereocenters. The second kappa shape index (κ2) is 10.2. The summed E-state index contributed by atoms with van der Waals surface area (Å²) in [7, 11) is 0. The first kappa shape index (κ1) is 26.2. The second-order valence-electron chi connectivity index (χ2n) is 9.86. The molecule has 0 aliphatic carbocycles. The second-order valence-corrected chi connectivity index (χ2v) is 10.7. The number of hydrogen-bond acceptors (Lipinski definition) is 5.